The van der Waals surface area contributed by atoms with Crippen molar-refractivity contribution in [3.63, 3.8) is 0 Å². The normalized spacial score (nSPS) is 13.0. The van der Waals surface area contributed by atoms with Crippen molar-refractivity contribution in [3.05, 3.63) is 56.1 Å². The number of benzene rings is 1. The topological polar surface area (TPSA) is 25.2 Å². The molecule has 1 N–H and O–H groups in total. The first kappa shape index (κ1) is 13.8. The average molecular weight is 354 g/mol. The maximum atomic E-state index is 13.4. The standard InChI is InChI=1S/C15H13BrFNOS/c1-8-10-7-9(17)3-4-12(10)19-14(8)13(18-2)15-11(16)5-6-20-15/h3-7,13,18H,1-2H3. The van der Waals surface area contributed by atoms with Gasteiger partial charge in [-0.05, 0) is 59.5 Å². The fourth-order valence-electron chi connectivity index (χ4n) is 2.38. The van der Waals surface area contributed by atoms with Crippen LogP contribution in [0.25, 0.3) is 11.0 Å². The summed E-state index contributed by atoms with van der Waals surface area (Å²) < 4.78 is 20.4. The van der Waals surface area contributed by atoms with E-state index in [0.717, 1.165) is 26.1 Å². The second-order valence-corrected chi connectivity index (χ2v) is 6.39. The van der Waals surface area contributed by atoms with Gasteiger partial charge in [0.05, 0.1) is 0 Å². The third-order valence-corrected chi connectivity index (χ3v) is 5.33. The van der Waals surface area contributed by atoms with Crippen molar-refractivity contribution in [3.8, 4) is 0 Å². The number of furan rings is 1. The van der Waals surface area contributed by atoms with Gasteiger partial charge in [-0.25, -0.2) is 4.39 Å². The first-order valence-corrected chi connectivity index (χ1v) is 7.87. The summed E-state index contributed by atoms with van der Waals surface area (Å²) in [6.07, 6.45) is 0. The number of hydrogen-bond donors (Lipinski definition) is 1. The molecule has 2 heterocycles. The number of aryl methyl sites for hydroxylation is 1. The fourth-order valence-corrected chi connectivity index (χ4v) is 4.09. The molecule has 0 aliphatic rings. The summed E-state index contributed by atoms with van der Waals surface area (Å²) in [5.74, 6) is 0.586. The molecule has 0 amide bonds. The van der Waals surface area contributed by atoms with Gasteiger partial charge in [-0.2, -0.15) is 0 Å². The van der Waals surface area contributed by atoms with Crippen LogP contribution in [-0.2, 0) is 0 Å². The van der Waals surface area contributed by atoms with Gasteiger partial charge in [-0.1, -0.05) is 0 Å². The van der Waals surface area contributed by atoms with E-state index in [4.69, 9.17) is 4.42 Å². The van der Waals surface area contributed by atoms with Gasteiger partial charge >= 0.3 is 0 Å². The number of thiophene rings is 1. The van der Waals surface area contributed by atoms with Crippen molar-refractivity contribution in [2.45, 2.75) is 13.0 Å². The highest BCUT2D eigenvalue weighted by molar-refractivity contribution is 9.10. The Kier molecular flexibility index (Phi) is 3.67. The van der Waals surface area contributed by atoms with Gasteiger partial charge in [0.2, 0.25) is 0 Å². The lowest BCUT2D eigenvalue weighted by Gasteiger charge is -2.13. The van der Waals surface area contributed by atoms with E-state index in [2.05, 4.69) is 21.2 Å². The van der Waals surface area contributed by atoms with Crippen molar-refractivity contribution in [1.29, 1.82) is 0 Å². The summed E-state index contributed by atoms with van der Waals surface area (Å²) in [6, 6.07) is 6.59. The third-order valence-electron chi connectivity index (χ3n) is 3.39. The minimum absolute atomic E-state index is 0.0418. The van der Waals surface area contributed by atoms with Crippen LogP contribution in [0.2, 0.25) is 0 Å². The second-order valence-electron chi connectivity index (χ2n) is 4.59. The minimum Gasteiger partial charge on any atom is -0.459 e. The molecule has 3 aromatic rings. The molecule has 5 heteroatoms. The van der Waals surface area contributed by atoms with Crippen LogP contribution in [0.15, 0.2) is 38.5 Å². The average Bonchev–Trinajstić information content (AvgIpc) is 2.98. The number of rotatable bonds is 3. The molecule has 1 aromatic carbocycles. The summed E-state index contributed by atoms with van der Waals surface area (Å²) in [5.41, 5.74) is 1.69. The SMILES string of the molecule is CNC(c1oc2ccc(F)cc2c1C)c1sccc1Br. The Morgan fingerprint density at radius 2 is 2.15 bits per heavy atom. The van der Waals surface area contributed by atoms with E-state index in [9.17, 15) is 4.39 Å². The monoisotopic (exact) mass is 353 g/mol. The zero-order chi connectivity index (χ0) is 14.3. The van der Waals surface area contributed by atoms with Crippen molar-refractivity contribution >= 4 is 38.2 Å². The van der Waals surface area contributed by atoms with Crippen molar-refractivity contribution in [1.82, 2.24) is 5.32 Å². The lowest BCUT2D eigenvalue weighted by atomic mass is 10.1. The summed E-state index contributed by atoms with van der Waals surface area (Å²) in [6.45, 7) is 1.96. The van der Waals surface area contributed by atoms with Crippen molar-refractivity contribution in [2.24, 2.45) is 0 Å². The number of halogens is 2. The summed E-state index contributed by atoms with van der Waals surface area (Å²) >= 11 is 5.21. The molecule has 1 atom stereocenters. The van der Waals surface area contributed by atoms with Crippen LogP contribution in [0.4, 0.5) is 4.39 Å². The fraction of sp³-hybridized carbons (Fsp3) is 0.200. The molecule has 0 spiro atoms. The number of fused-ring (bicyclic) bond motifs is 1. The van der Waals surface area contributed by atoms with E-state index in [1.807, 2.05) is 25.4 Å². The molecule has 0 bridgehead atoms. The molecule has 1 unspecified atom stereocenters. The highest BCUT2D eigenvalue weighted by atomic mass is 79.9. The molecule has 104 valence electrons. The predicted octanol–water partition coefficient (Wildman–Crippen LogP) is 5.01. The lowest BCUT2D eigenvalue weighted by Crippen LogP contribution is -2.17. The van der Waals surface area contributed by atoms with Gasteiger partial charge in [0.15, 0.2) is 0 Å². The predicted molar refractivity (Wildman–Crippen MR) is 83.8 cm³/mol. The molecular formula is C15H13BrFNOS. The Hall–Kier alpha value is -1.17. The van der Waals surface area contributed by atoms with Gasteiger partial charge in [-0.15, -0.1) is 11.3 Å². The molecule has 2 nitrogen and oxygen atoms in total. The second kappa shape index (κ2) is 5.31. The maximum absolute atomic E-state index is 13.4. The van der Waals surface area contributed by atoms with E-state index < -0.39 is 0 Å². The largest absolute Gasteiger partial charge is 0.459 e. The van der Waals surface area contributed by atoms with Crippen molar-refractivity contribution < 1.29 is 8.81 Å². The first-order valence-electron chi connectivity index (χ1n) is 6.20. The molecule has 2 aromatic heterocycles. The van der Waals surface area contributed by atoms with E-state index in [-0.39, 0.29) is 11.9 Å². The highest BCUT2D eigenvalue weighted by Gasteiger charge is 2.23. The maximum Gasteiger partial charge on any atom is 0.134 e. The van der Waals surface area contributed by atoms with E-state index in [0.29, 0.717) is 5.58 Å². The quantitative estimate of drug-likeness (QED) is 0.715. The van der Waals surface area contributed by atoms with Gasteiger partial charge < -0.3 is 9.73 Å². The van der Waals surface area contributed by atoms with Crippen LogP contribution in [0.5, 0.6) is 0 Å². The molecule has 0 saturated carbocycles. The Labute approximate surface area is 128 Å². The van der Waals surface area contributed by atoms with Gasteiger partial charge in [-0.3, -0.25) is 0 Å². The van der Waals surface area contributed by atoms with Gasteiger partial charge in [0.25, 0.3) is 0 Å². The zero-order valence-electron chi connectivity index (χ0n) is 11.0. The van der Waals surface area contributed by atoms with Crippen molar-refractivity contribution in [2.75, 3.05) is 7.05 Å². The number of hydrogen-bond acceptors (Lipinski definition) is 3. The van der Waals surface area contributed by atoms with E-state index >= 15 is 0 Å². The van der Waals surface area contributed by atoms with E-state index in [1.54, 1.807) is 17.4 Å². The molecule has 0 fully saturated rings. The highest BCUT2D eigenvalue weighted by Crippen LogP contribution is 2.37. The van der Waals surface area contributed by atoms with Crippen LogP contribution in [-0.4, -0.2) is 7.05 Å². The minimum atomic E-state index is -0.244. The summed E-state index contributed by atoms with van der Waals surface area (Å²) in [4.78, 5) is 1.15. The zero-order valence-corrected chi connectivity index (χ0v) is 13.4. The van der Waals surface area contributed by atoms with Crippen LogP contribution in [0.1, 0.15) is 22.2 Å². The van der Waals surface area contributed by atoms with Gasteiger partial charge in [0.1, 0.15) is 23.2 Å². The molecular weight excluding hydrogens is 341 g/mol. The van der Waals surface area contributed by atoms with Gasteiger partial charge in [0, 0.05) is 20.3 Å². The molecule has 20 heavy (non-hydrogen) atoms. The summed E-state index contributed by atoms with van der Waals surface area (Å²) in [7, 11) is 1.89. The van der Waals surface area contributed by atoms with Crippen LogP contribution < -0.4 is 5.32 Å². The Morgan fingerprint density at radius 1 is 1.35 bits per heavy atom. The number of nitrogens with one attached hydrogen (secondary N) is 1. The molecule has 0 aliphatic heterocycles. The molecule has 0 saturated heterocycles. The Bertz CT molecular complexity index is 764. The molecule has 0 radical (unpaired) electrons. The molecule has 0 aliphatic carbocycles. The summed E-state index contributed by atoms with van der Waals surface area (Å²) in [5, 5.41) is 6.13. The smallest absolute Gasteiger partial charge is 0.134 e. The Balaban J connectivity index is 2.18. The first-order chi connectivity index (χ1) is 9.61. The van der Waals surface area contributed by atoms with Crippen LogP contribution in [0.3, 0.4) is 0 Å². The lowest BCUT2D eigenvalue weighted by molar-refractivity contribution is 0.490. The molecule has 3 rings (SSSR count). The van der Waals surface area contributed by atoms with E-state index in [1.165, 1.54) is 12.1 Å². The third kappa shape index (κ3) is 2.20. The van der Waals surface area contributed by atoms with Crippen LogP contribution in [0, 0.1) is 12.7 Å². The Morgan fingerprint density at radius 3 is 2.80 bits per heavy atom. The van der Waals surface area contributed by atoms with Crippen LogP contribution >= 0.6 is 27.3 Å².